The van der Waals surface area contributed by atoms with Crippen molar-refractivity contribution in [2.75, 3.05) is 12.4 Å². The van der Waals surface area contributed by atoms with E-state index in [-0.39, 0.29) is 0 Å². The second kappa shape index (κ2) is 5.77. The second-order valence-corrected chi connectivity index (χ2v) is 5.13. The Hall–Kier alpha value is -0.0100. The van der Waals surface area contributed by atoms with Crippen molar-refractivity contribution in [3.8, 4) is 0 Å². The fourth-order valence-electron chi connectivity index (χ4n) is 2.23. The molecule has 0 saturated heterocycles. The highest BCUT2D eigenvalue weighted by Gasteiger charge is 2.31. The molecule has 0 aromatic heterocycles. The Kier molecular flexibility index (Phi) is 4.97. The molecule has 1 fully saturated rings. The van der Waals surface area contributed by atoms with Crippen molar-refractivity contribution in [3.05, 3.63) is 12.2 Å². The second-order valence-electron chi connectivity index (χ2n) is 4.82. The van der Waals surface area contributed by atoms with Crippen LogP contribution >= 0.6 is 11.6 Å². The Morgan fingerprint density at radius 2 is 2.14 bits per heavy atom. The molecule has 0 radical (unpaired) electrons. The summed E-state index contributed by atoms with van der Waals surface area (Å²) in [6, 6.07) is 0.677. The third-order valence-electron chi connectivity index (χ3n) is 3.25. The van der Waals surface area contributed by atoms with Crippen LogP contribution in [-0.2, 0) is 0 Å². The van der Waals surface area contributed by atoms with E-state index in [2.05, 4.69) is 25.2 Å². The molecule has 1 unspecified atom stereocenters. The summed E-state index contributed by atoms with van der Waals surface area (Å²) in [5.74, 6) is 0.621. The van der Waals surface area contributed by atoms with Gasteiger partial charge in [-0.2, -0.15) is 0 Å². The molecule has 1 rings (SSSR count). The Labute approximate surface area is 92.9 Å². The largest absolute Gasteiger partial charge is 0.310 e. The minimum Gasteiger partial charge on any atom is -0.310 e. The van der Waals surface area contributed by atoms with Crippen molar-refractivity contribution >= 4 is 11.6 Å². The summed E-state index contributed by atoms with van der Waals surface area (Å²) in [6.07, 6.45) is 9.57. The molecule has 1 atom stereocenters. The number of allylic oxidation sites excluding steroid dienone is 1. The van der Waals surface area contributed by atoms with Crippen LogP contribution < -0.4 is 5.32 Å². The zero-order valence-electron chi connectivity index (χ0n) is 9.35. The summed E-state index contributed by atoms with van der Waals surface area (Å²) in [5, 5.41) is 3.60. The van der Waals surface area contributed by atoms with Gasteiger partial charge in [0.25, 0.3) is 0 Å². The van der Waals surface area contributed by atoms with Gasteiger partial charge in [-0.15, -0.1) is 11.6 Å². The van der Waals surface area contributed by atoms with Crippen molar-refractivity contribution in [2.24, 2.45) is 5.41 Å². The van der Waals surface area contributed by atoms with Crippen LogP contribution in [0.15, 0.2) is 12.2 Å². The smallest absolute Gasteiger partial charge is 0.0404 e. The molecule has 1 saturated carbocycles. The highest BCUT2D eigenvalue weighted by Crippen LogP contribution is 2.35. The van der Waals surface area contributed by atoms with Crippen LogP contribution in [0.4, 0.5) is 0 Å². The van der Waals surface area contributed by atoms with Gasteiger partial charge in [-0.05, 0) is 18.3 Å². The number of rotatable bonds is 4. The zero-order valence-corrected chi connectivity index (χ0v) is 10.1. The van der Waals surface area contributed by atoms with E-state index in [0.717, 1.165) is 6.54 Å². The standard InChI is InChI=1S/C12H22ClN/c1-12(2)8-4-3-7-11(12)14-10-6-5-9-13/h5-6,11,14H,3-4,7-10H2,1-2H3/b6-5+. The molecule has 0 aromatic carbocycles. The first kappa shape index (κ1) is 12.1. The molecule has 1 aliphatic carbocycles. The molecule has 1 aliphatic rings. The average molecular weight is 216 g/mol. The maximum Gasteiger partial charge on any atom is 0.0404 e. The third-order valence-corrected chi connectivity index (χ3v) is 3.42. The van der Waals surface area contributed by atoms with E-state index >= 15 is 0 Å². The molecular formula is C12H22ClN. The number of hydrogen-bond acceptors (Lipinski definition) is 1. The summed E-state index contributed by atoms with van der Waals surface area (Å²) in [7, 11) is 0. The van der Waals surface area contributed by atoms with Crippen molar-refractivity contribution in [1.82, 2.24) is 5.32 Å². The lowest BCUT2D eigenvalue weighted by molar-refractivity contribution is 0.172. The summed E-state index contributed by atoms with van der Waals surface area (Å²) in [6.45, 7) is 5.70. The predicted molar refractivity (Wildman–Crippen MR) is 63.9 cm³/mol. The molecule has 0 heterocycles. The highest BCUT2D eigenvalue weighted by atomic mass is 35.5. The molecule has 0 aliphatic heterocycles. The highest BCUT2D eigenvalue weighted by molar-refractivity contribution is 6.18. The lowest BCUT2D eigenvalue weighted by atomic mass is 9.73. The van der Waals surface area contributed by atoms with Crippen LogP contribution in [0, 0.1) is 5.41 Å². The summed E-state index contributed by atoms with van der Waals surface area (Å²) >= 11 is 5.56. The van der Waals surface area contributed by atoms with Crippen LogP contribution in [0.3, 0.4) is 0 Å². The van der Waals surface area contributed by atoms with E-state index in [0.29, 0.717) is 17.3 Å². The molecule has 0 amide bonds. The quantitative estimate of drug-likeness (QED) is 0.561. The van der Waals surface area contributed by atoms with Crippen LogP contribution in [0.5, 0.6) is 0 Å². The Morgan fingerprint density at radius 1 is 1.36 bits per heavy atom. The van der Waals surface area contributed by atoms with E-state index in [1.165, 1.54) is 25.7 Å². The van der Waals surface area contributed by atoms with E-state index < -0.39 is 0 Å². The van der Waals surface area contributed by atoms with Gasteiger partial charge in [-0.25, -0.2) is 0 Å². The minimum atomic E-state index is 0.465. The van der Waals surface area contributed by atoms with Gasteiger partial charge in [-0.3, -0.25) is 0 Å². The van der Waals surface area contributed by atoms with Crippen LogP contribution in [0.25, 0.3) is 0 Å². The third kappa shape index (κ3) is 3.62. The summed E-state index contributed by atoms with van der Waals surface area (Å²) in [5.41, 5.74) is 0.465. The summed E-state index contributed by atoms with van der Waals surface area (Å²) < 4.78 is 0. The zero-order chi connectivity index (χ0) is 10.4. The number of alkyl halides is 1. The molecule has 0 bridgehead atoms. The Bertz CT molecular complexity index is 187. The van der Waals surface area contributed by atoms with Crippen molar-refractivity contribution < 1.29 is 0 Å². The van der Waals surface area contributed by atoms with E-state index in [1.807, 2.05) is 6.08 Å². The first-order chi connectivity index (χ1) is 6.67. The van der Waals surface area contributed by atoms with Gasteiger partial charge in [-0.1, -0.05) is 38.8 Å². The van der Waals surface area contributed by atoms with Crippen molar-refractivity contribution in [2.45, 2.75) is 45.6 Å². The van der Waals surface area contributed by atoms with Gasteiger partial charge in [0.2, 0.25) is 0 Å². The van der Waals surface area contributed by atoms with Crippen LogP contribution in [0.1, 0.15) is 39.5 Å². The van der Waals surface area contributed by atoms with Gasteiger partial charge in [0.1, 0.15) is 0 Å². The molecule has 0 aromatic rings. The predicted octanol–water partition coefficient (Wildman–Crippen LogP) is 3.34. The van der Waals surface area contributed by atoms with E-state index in [1.54, 1.807) is 0 Å². The maximum atomic E-state index is 5.56. The average Bonchev–Trinajstić information content (AvgIpc) is 2.14. The molecule has 14 heavy (non-hydrogen) atoms. The number of halogens is 1. The maximum absolute atomic E-state index is 5.56. The Balaban J connectivity index is 2.31. The lowest BCUT2D eigenvalue weighted by Crippen LogP contribution is -2.44. The van der Waals surface area contributed by atoms with Gasteiger partial charge in [0.05, 0.1) is 0 Å². The van der Waals surface area contributed by atoms with Gasteiger partial charge in [0.15, 0.2) is 0 Å². The minimum absolute atomic E-state index is 0.465. The molecule has 1 N–H and O–H groups in total. The summed E-state index contributed by atoms with van der Waals surface area (Å²) in [4.78, 5) is 0. The van der Waals surface area contributed by atoms with Gasteiger partial charge >= 0.3 is 0 Å². The van der Waals surface area contributed by atoms with Crippen molar-refractivity contribution in [3.63, 3.8) is 0 Å². The van der Waals surface area contributed by atoms with Gasteiger partial charge in [0, 0.05) is 18.5 Å². The van der Waals surface area contributed by atoms with Crippen LogP contribution in [-0.4, -0.2) is 18.5 Å². The topological polar surface area (TPSA) is 12.0 Å². The first-order valence-electron chi connectivity index (χ1n) is 5.61. The monoisotopic (exact) mass is 215 g/mol. The van der Waals surface area contributed by atoms with Crippen LogP contribution in [0.2, 0.25) is 0 Å². The molecule has 1 nitrogen and oxygen atoms in total. The van der Waals surface area contributed by atoms with Crippen molar-refractivity contribution in [1.29, 1.82) is 0 Å². The molecular weight excluding hydrogens is 194 g/mol. The number of hydrogen-bond donors (Lipinski definition) is 1. The molecule has 82 valence electrons. The molecule has 2 heteroatoms. The first-order valence-corrected chi connectivity index (χ1v) is 6.14. The lowest BCUT2D eigenvalue weighted by Gasteiger charge is -2.39. The van der Waals surface area contributed by atoms with E-state index in [9.17, 15) is 0 Å². The number of nitrogens with one attached hydrogen (secondary N) is 1. The van der Waals surface area contributed by atoms with Gasteiger partial charge < -0.3 is 5.32 Å². The SMILES string of the molecule is CC1(C)CCCCC1NC/C=C/CCl. The van der Waals surface area contributed by atoms with E-state index in [4.69, 9.17) is 11.6 Å². The fourth-order valence-corrected chi connectivity index (χ4v) is 2.36. The fraction of sp³-hybridized carbons (Fsp3) is 0.833. The molecule has 0 spiro atoms. The Morgan fingerprint density at radius 3 is 2.79 bits per heavy atom. The normalized spacial score (nSPS) is 26.9.